The first kappa shape index (κ1) is 12.7. The van der Waals surface area contributed by atoms with Crippen LogP contribution in [0.3, 0.4) is 0 Å². The summed E-state index contributed by atoms with van der Waals surface area (Å²) in [6.07, 6.45) is 1.63. The maximum absolute atomic E-state index is 8.86. The van der Waals surface area contributed by atoms with Gasteiger partial charge in [-0.3, -0.25) is 0 Å². The lowest BCUT2D eigenvalue weighted by Gasteiger charge is -2.16. The molecule has 0 aromatic heterocycles. The van der Waals surface area contributed by atoms with Gasteiger partial charge in [0, 0.05) is 25.2 Å². The standard InChI is InChI=1S/C16H13N3/c1-18-13(11-17)10-12-8-9-16(19(2)3)15-7-5-4-6-14(12)15/h4-10H,2-3H3. The summed E-state index contributed by atoms with van der Waals surface area (Å²) in [6.45, 7) is 6.95. The Morgan fingerprint density at radius 1 is 1.21 bits per heavy atom. The van der Waals surface area contributed by atoms with Crippen LogP contribution in [0.25, 0.3) is 21.7 Å². The number of nitrogens with zero attached hydrogens (tertiary/aromatic N) is 3. The average Bonchev–Trinajstić information content (AvgIpc) is 2.44. The van der Waals surface area contributed by atoms with Crippen LogP contribution in [0.5, 0.6) is 0 Å². The summed E-state index contributed by atoms with van der Waals surface area (Å²) in [5.41, 5.74) is 2.12. The van der Waals surface area contributed by atoms with E-state index in [1.165, 1.54) is 0 Å². The highest BCUT2D eigenvalue weighted by atomic mass is 15.1. The Bertz CT molecular complexity index is 712. The van der Waals surface area contributed by atoms with Gasteiger partial charge in [0.05, 0.1) is 12.6 Å². The molecule has 2 aromatic carbocycles. The normalized spacial score (nSPS) is 10.8. The zero-order valence-electron chi connectivity index (χ0n) is 10.9. The van der Waals surface area contributed by atoms with Crippen LogP contribution in [0.15, 0.2) is 42.1 Å². The van der Waals surface area contributed by atoms with Crippen molar-refractivity contribution in [3.63, 3.8) is 0 Å². The molecule has 0 aliphatic heterocycles. The SMILES string of the molecule is [C-]#[N+]C(C#N)=Cc1ccc(N(C)C)c2ccccc12. The molecule has 0 heterocycles. The lowest BCUT2D eigenvalue weighted by Crippen LogP contribution is -2.09. The third kappa shape index (κ3) is 2.41. The molecule has 3 nitrogen and oxygen atoms in total. The van der Waals surface area contributed by atoms with Gasteiger partial charge in [-0.1, -0.05) is 30.3 Å². The van der Waals surface area contributed by atoms with Gasteiger partial charge in [-0.2, -0.15) is 0 Å². The van der Waals surface area contributed by atoms with Crippen LogP contribution < -0.4 is 4.90 Å². The van der Waals surface area contributed by atoms with E-state index in [4.69, 9.17) is 11.8 Å². The molecule has 0 amide bonds. The van der Waals surface area contributed by atoms with Crippen molar-refractivity contribution >= 4 is 22.5 Å². The minimum absolute atomic E-state index is 0.0998. The smallest absolute Gasteiger partial charge is 0.262 e. The van der Waals surface area contributed by atoms with Crippen molar-refractivity contribution < 1.29 is 0 Å². The fraction of sp³-hybridized carbons (Fsp3) is 0.125. The first-order chi connectivity index (χ1) is 9.17. The molecule has 0 aliphatic carbocycles. The summed E-state index contributed by atoms with van der Waals surface area (Å²) < 4.78 is 0. The first-order valence-corrected chi connectivity index (χ1v) is 5.85. The van der Waals surface area contributed by atoms with Crippen molar-refractivity contribution in [2.45, 2.75) is 0 Å². The quantitative estimate of drug-likeness (QED) is 0.598. The lowest BCUT2D eigenvalue weighted by molar-refractivity contribution is 1.14. The molecule has 2 aromatic rings. The number of hydrogen-bond donors (Lipinski definition) is 0. The zero-order valence-corrected chi connectivity index (χ0v) is 10.9. The van der Waals surface area contributed by atoms with E-state index in [1.807, 2.05) is 56.6 Å². The van der Waals surface area contributed by atoms with Crippen LogP contribution >= 0.6 is 0 Å². The van der Waals surface area contributed by atoms with Crippen molar-refractivity contribution in [2.75, 3.05) is 19.0 Å². The predicted molar refractivity (Wildman–Crippen MR) is 78.5 cm³/mol. The molecule has 0 radical (unpaired) electrons. The minimum atomic E-state index is 0.0998. The Kier molecular flexibility index (Phi) is 3.50. The van der Waals surface area contributed by atoms with Gasteiger partial charge in [-0.25, -0.2) is 10.1 Å². The fourth-order valence-corrected chi connectivity index (χ4v) is 2.06. The van der Waals surface area contributed by atoms with Gasteiger partial charge < -0.3 is 4.90 Å². The molecule has 0 atom stereocenters. The molecule has 0 saturated carbocycles. The first-order valence-electron chi connectivity index (χ1n) is 5.85. The molecule has 0 spiro atoms. The second-order valence-electron chi connectivity index (χ2n) is 4.37. The van der Waals surface area contributed by atoms with E-state index in [2.05, 4.69) is 9.74 Å². The number of fused-ring (bicyclic) bond motifs is 1. The number of rotatable bonds is 2. The maximum atomic E-state index is 8.86. The van der Waals surface area contributed by atoms with Gasteiger partial charge in [0.2, 0.25) is 0 Å². The van der Waals surface area contributed by atoms with Crippen LogP contribution in [-0.2, 0) is 0 Å². The lowest BCUT2D eigenvalue weighted by atomic mass is 10.0. The molecule has 0 bridgehead atoms. The van der Waals surface area contributed by atoms with Crippen LogP contribution in [0.4, 0.5) is 5.69 Å². The van der Waals surface area contributed by atoms with Gasteiger partial charge in [0.25, 0.3) is 5.70 Å². The monoisotopic (exact) mass is 247 g/mol. The van der Waals surface area contributed by atoms with Crippen LogP contribution in [0, 0.1) is 17.9 Å². The number of nitriles is 1. The fourth-order valence-electron chi connectivity index (χ4n) is 2.06. The number of benzene rings is 2. The Morgan fingerprint density at radius 2 is 1.89 bits per heavy atom. The Labute approximate surface area is 112 Å². The molecule has 0 saturated heterocycles. The van der Waals surface area contributed by atoms with E-state index >= 15 is 0 Å². The Morgan fingerprint density at radius 3 is 2.47 bits per heavy atom. The van der Waals surface area contributed by atoms with Crippen LogP contribution in [-0.4, -0.2) is 14.1 Å². The van der Waals surface area contributed by atoms with E-state index in [9.17, 15) is 0 Å². The van der Waals surface area contributed by atoms with Crippen molar-refractivity contribution in [1.82, 2.24) is 0 Å². The van der Waals surface area contributed by atoms with Crippen LogP contribution in [0.2, 0.25) is 0 Å². The molecule has 0 fully saturated rings. The predicted octanol–water partition coefficient (Wildman–Crippen LogP) is 3.69. The summed E-state index contributed by atoms with van der Waals surface area (Å²) in [7, 11) is 3.99. The summed E-state index contributed by atoms with van der Waals surface area (Å²) in [5, 5.41) is 11.0. The van der Waals surface area contributed by atoms with Crippen molar-refractivity contribution in [3.8, 4) is 6.07 Å². The highest BCUT2D eigenvalue weighted by Crippen LogP contribution is 2.29. The van der Waals surface area contributed by atoms with E-state index in [0.29, 0.717) is 0 Å². The number of hydrogen-bond acceptors (Lipinski definition) is 2. The molecule has 0 aliphatic rings. The molecule has 19 heavy (non-hydrogen) atoms. The molecular formula is C16H13N3. The molecule has 3 heteroatoms. The summed E-state index contributed by atoms with van der Waals surface area (Å²) in [6, 6.07) is 13.9. The van der Waals surface area contributed by atoms with Gasteiger partial charge in [0.15, 0.2) is 0 Å². The van der Waals surface area contributed by atoms with Crippen molar-refractivity contribution in [1.29, 1.82) is 5.26 Å². The number of anilines is 1. The third-order valence-corrected chi connectivity index (χ3v) is 2.94. The molecule has 0 unspecified atom stereocenters. The highest BCUT2D eigenvalue weighted by molar-refractivity contribution is 5.99. The molecule has 2 rings (SSSR count). The second-order valence-corrected chi connectivity index (χ2v) is 4.37. The average molecular weight is 247 g/mol. The zero-order chi connectivity index (χ0) is 13.8. The molecular weight excluding hydrogens is 234 g/mol. The van der Waals surface area contributed by atoms with E-state index in [-0.39, 0.29) is 5.70 Å². The largest absolute Gasteiger partial charge is 0.377 e. The Balaban J connectivity index is 2.74. The molecule has 0 N–H and O–H groups in total. The van der Waals surface area contributed by atoms with Crippen LogP contribution in [0.1, 0.15) is 5.56 Å². The maximum Gasteiger partial charge on any atom is 0.262 e. The summed E-state index contributed by atoms with van der Waals surface area (Å²) in [5.74, 6) is 0. The van der Waals surface area contributed by atoms with Gasteiger partial charge in [-0.05, 0) is 23.1 Å². The van der Waals surface area contributed by atoms with Gasteiger partial charge in [0.1, 0.15) is 0 Å². The van der Waals surface area contributed by atoms with E-state index < -0.39 is 0 Å². The van der Waals surface area contributed by atoms with Gasteiger partial charge >= 0.3 is 0 Å². The minimum Gasteiger partial charge on any atom is -0.377 e. The van der Waals surface area contributed by atoms with E-state index in [1.54, 1.807) is 6.08 Å². The van der Waals surface area contributed by atoms with E-state index in [0.717, 1.165) is 22.0 Å². The topological polar surface area (TPSA) is 31.4 Å². The summed E-state index contributed by atoms with van der Waals surface area (Å²) >= 11 is 0. The number of allylic oxidation sites excluding steroid dienone is 1. The van der Waals surface area contributed by atoms with Gasteiger partial charge in [-0.15, -0.1) is 0 Å². The van der Waals surface area contributed by atoms with Crippen molar-refractivity contribution in [2.24, 2.45) is 0 Å². The second kappa shape index (κ2) is 5.25. The molecule has 92 valence electrons. The Hall–Kier alpha value is -2.78. The van der Waals surface area contributed by atoms with Crippen molar-refractivity contribution in [3.05, 3.63) is 59.1 Å². The summed E-state index contributed by atoms with van der Waals surface area (Å²) in [4.78, 5) is 5.26. The third-order valence-electron chi connectivity index (χ3n) is 2.94. The highest BCUT2D eigenvalue weighted by Gasteiger charge is 2.06.